The highest BCUT2D eigenvalue weighted by atomic mass is 16.5. The summed E-state index contributed by atoms with van der Waals surface area (Å²) in [6, 6.07) is 11.9. The van der Waals surface area contributed by atoms with Crippen LogP contribution >= 0.6 is 0 Å². The van der Waals surface area contributed by atoms with E-state index in [-0.39, 0.29) is 24.7 Å². The lowest BCUT2D eigenvalue weighted by Gasteiger charge is -2.27. The van der Waals surface area contributed by atoms with Gasteiger partial charge >= 0.3 is 0 Å². The summed E-state index contributed by atoms with van der Waals surface area (Å²) >= 11 is 0. The Labute approximate surface area is 266 Å². The van der Waals surface area contributed by atoms with Crippen LogP contribution < -0.4 is 15.4 Å². The smallest absolute Gasteiger partial charge is 0.262 e. The van der Waals surface area contributed by atoms with E-state index in [4.69, 9.17) is 4.74 Å². The van der Waals surface area contributed by atoms with Crippen molar-refractivity contribution in [1.29, 1.82) is 0 Å². The van der Waals surface area contributed by atoms with Crippen LogP contribution in [0.5, 0.6) is 5.75 Å². The fourth-order valence-corrected chi connectivity index (χ4v) is 6.43. The average Bonchev–Trinajstić information content (AvgIpc) is 3.64. The van der Waals surface area contributed by atoms with Gasteiger partial charge in [-0.15, -0.1) is 5.10 Å². The van der Waals surface area contributed by atoms with Crippen LogP contribution in [-0.2, 0) is 27.2 Å². The number of carbonyl (C=O) groups is 5. The van der Waals surface area contributed by atoms with Crippen LogP contribution in [0.4, 0.5) is 5.69 Å². The number of fused-ring (bicyclic) bond motifs is 2. The molecule has 1 aliphatic carbocycles. The minimum absolute atomic E-state index is 0.0896. The number of piperidine rings is 1. The summed E-state index contributed by atoms with van der Waals surface area (Å²) in [5.74, 6) is 0.0453. The van der Waals surface area contributed by atoms with Crippen LogP contribution in [0.15, 0.2) is 42.5 Å². The summed E-state index contributed by atoms with van der Waals surface area (Å²) in [5.41, 5.74) is 2.67. The number of aryl methyl sites for hydroxylation is 2. The Hall–Kier alpha value is -4.94. The molecule has 2 aromatic carbocycles. The molecule has 4 heterocycles. The molecule has 240 valence electrons. The van der Waals surface area contributed by atoms with Gasteiger partial charge in [0.05, 0.1) is 23.8 Å². The van der Waals surface area contributed by atoms with Crippen LogP contribution in [0.25, 0.3) is 0 Å². The van der Waals surface area contributed by atoms with Gasteiger partial charge in [0.1, 0.15) is 11.8 Å². The van der Waals surface area contributed by atoms with Gasteiger partial charge in [0.15, 0.2) is 5.82 Å². The van der Waals surface area contributed by atoms with E-state index in [1.807, 2.05) is 18.2 Å². The summed E-state index contributed by atoms with van der Waals surface area (Å²) in [6.07, 6.45) is 10.8. The van der Waals surface area contributed by atoms with Gasteiger partial charge < -0.3 is 10.1 Å². The summed E-state index contributed by atoms with van der Waals surface area (Å²) in [4.78, 5) is 59.6. The topological polar surface area (TPSA) is 165 Å². The molecule has 4 aliphatic rings. The Morgan fingerprint density at radius 1 is 0.804 bits per heavy atom. The molecule has 1 saturated carbocycles. The number of benzene rings is 2. The number of hydrogen-bond acceptors (Lipinski definition) is 9. The number of amides is 5. The molecule has 2 fully saturated rings. The first-order chi connectivity index (χ1) is 22.4. The average molecular weight is 628 g/mol. The molecule has 0 radical (unpaired) electrons. The maximum Gasteiger partial charge on any atom is 0.262 e. The number of nitrogens with one attached hydrogen (secondary N) is 2. The molecule has 0 spiro atoms. The molecule has 0 bridgehead atoms. The van der Waals surface area contributed by atoms with Crippen LogP contribution in [-0.4, -0.2) is 67.3 Å². The van der Waals surface area contributed by atoms with Crippen molar-refractivity contribution in [2.75, 3.05) is 11.9 Å². The SMILES string of the molecule is O=C1CCC(N2C(=O)c3ccccc3C2=O)C(=O)N1.O=C1CCc2cc(OCCCCc3nnnn3C3CCCCC3)ccc2N1. The van der Waals surface area contributed by atoms with Gasteiger partial charge in [-0.25, -0.2) is 4.68 Å². The number of anilines is 1. The second kappa shape index (κ2) is 14.0. The first-order valence-electron chi connectivity index (χ1n) is 16.0. The zero-order chi connectivity index (χ0) is 32.0. The molecule has 3 aliphatic heterocycles. The van der Waals surface area contributed by atoms with E-state index in [9.17, 15) is 24.0 Å². The van der Waals surface area contributed by atoms with Gasteiger partial charge in [0, 0.05) is 24.9 Å². The molecular weight excluding hydrogens is 590 g/mol. The van der Waals surface area contributed by atoms with Crippen molar-refractivity contribution in [3.63, 3.8) is 0 Å². The molecule has 7 rings (SSSR count). The quantitative estimate of drug-likeness (QED) is 0.281. The lowest BCUT2D eigenvalue weighted by molar-refractivity contribution is -0.136. The molecule has 13 nitrogen and oxygen atoms in total. The van der Waals surface area contributed by atoms with Crippen LogP contribution in [0.1, 0.15) is 102 Å². The lowest BCUT2D eigenvalue weighted by Crippen LogP contribution is -2.54. The largest absolute Gasteiger partial charge is 0.494 e. The zero-order valence-corrected chi connectivity index (χ0v) is 25.6. The van der Waals surface area contributed by atoms with Crippen LogP contribution in [0, 0.1) is 0 Å². The summed E-state index contributed by atoms with van der Waals surface area (Å²) in [6.45, 7) is 0.677. The Bertz CT molecular complexity index is 1610. The van der Waals surface area contributed by atoms with Crippen LogP contribution in [0.3, 0.4) is 0 Å². The third-order valence-corrected chi connectivity index (χ3v) is 8.86. The normalized spacial score (nSPS) is 19.5. The third kappa shape index (κ3) is 6.82. The molecule has 5 amide bonds. The number of unbranched alkanes of at least 4 members (excludes halogenated alkanes) is 1. The number of ether oxygens (including phenoxy) is 1. The predicted molar refractivity (Wildman–Crippen MR) is 165 cm³/mol. The van der Waals surface area contributed by atoms with E-state index in [0.29, 0.717) is 30.2 Å². The van der Waals surface area contributed by atoms with Gasteiger partial charge in [-0.1, -0.05) is 31.4 Å². The molecule has 2 N–H and O–H groups in total. The summed E-state index contributed by atoms with van der Waals surface area (Å²) in [7, 11) is 0. The molecule has 3 aromatic rings. The molecule has 13 heteroatoms. The van der Waals surface area contributed by atoms with Gasteiger partial charge in [0.2, 0.25) is 17.7 Å². The predicted octanol–water partition coefficient (Wildman–Crippen LogP) is 3.55. The number of tetrazole rings is 1. The van der Waals surface area contributed by atoms with Crippen molar-refractivity contribution in [2.45, 2.75) is 89.1 Å². The fraction of sp³-hybridized carbons (Fsp3) is 0.455. The first kappa shape index (κ1) is 31.1. The molecular formula is C33H37N7O6. The van der Waals surface area contributed by atoms with Gasteiger partial charge in [-0.2, -0.15) is 0 Å². The minimum Gasteiger partial charge on any atom is -0.494 e. The number of carbonyl (C=O) groups excluding carboxylic acids is 5. The highest BCUT2D eigenvalue weighted by Crippen LogP contribution is 2.29. The number of hydrogen-bond donors (Lipinski definition) is 2. The summed E-state index contributed by atoms with van der Waals surface area (Å²) in [5, 5.41) is 17.4. The Morgan fingerprint density at radius 3 is 2.28 bits per heavy atom. The zero-order valence-electron chi connectivity index (χ0n) is 25.6. The van der Waals surface area contributed by atoms with E-state index in [1.165, 1.54) is 32.1 Å². The van der Waals surface area contributed by atoms with Gasteiger partial charge in [-0.3, -0.25) is 34.2 Å². The molecule has 1 aromatic heterocycles. The van der Waals surface area contributed by atoms with E-state index < -0.39 is 23.8 Å². The lowest BCUT2D eigenvalue weighted by atomic mass is 9.95. The number of nitrogens with zero attached hydrogens (tertiary/aromatic N) is 5. The van der Waals surface area contributed by atoms with Crippen molar-refractivity contribution in [2.24, 2.45) is 0 Å². The summed E-state index contributed by atoms with van der Waals surface area (Å²) < 4.78 is 7.95. The molecule has 1 unspecified atom stereocenters. The monoisotopic (exact) mass is 627 g/mol. The van der Waals surface area contributed by atoms with Crippen molar-refractivity contribution < 1.29 is 28.7 Å². The maximum absolute atomic E-state index is 12.2. The first-order valence-corrected chi connectivity index (χ1v) is 16.0. The molecule has 46 heavy (non-hydrogen) atoms. The maximum atomic E-state index is 12.2. The van der Waals surface area contributed by atoms with Crippen molar-refractivity contribution in [3.8, 4) is 5.75 Å². The minimum atomic E-state index is -0.898. The third-order valence-electron chi connectivity index (χ3n) is 8.86. The highest BCUT2D eigenvalue weighted by molar-refractivity contribution is 6.23. The van der Waals surface area contributed by atoms with Gasteiger partial charge in [0.25, 0.3) is 11.8 Å². The van der Waals surface area contributed by atoms with E-state index in [2.05, 4.69) is 30.8 Å². The Kier molecular flexibility index (Phi) is 9.46. The van der Waals surface area contributed by atoms with E-state index >= 15 is 0 Å². The Morgan fingerprint density at radius 2 is 1.54 bits per heavy atom. The Balaban J connectivity index is 0.000000172. The van der Waals surface area contributed by atoms with Crippen molar-refractivity contribution in [3.05, 3.63) is 65.0 Å². The number of aromatic nitrogens is 4. The molecule has 1 atom stereocenters. The second-order valence-electron chi connectivity index (χ2n) is 12.0. The number of imide groups is 2. The number of rotatable bonds is 8. The molecule has 1 saturated heterocycles. The van der Waals surface area contributed by atoms with Crippen molar-refractivity contribution in [1.82, 2.24) is 30.4 Å². The van der Waals surface area contributed by atoms with E-state index in [1.54, 1.807) is 24.3 Å². The second-order valence-corrected chi connectivity index (χ2v) is 12.0. The highest BCUT2D eigenvalue weighted by Gasteiger charge is 2.44. The van der Waals surface area contributed by atoms with Gasteiger partial charge in [-0.05, 0) is 84.8 Å². The van der Waals surface area contributed by atoms with Crippen LogP contribution in [0.2, 0.25) is 0 Å². The van der Waals surface area contributed by atoms with Crippen molar-refractivity contribution >= 4 is 35.2 Å². The fourth-order valence-electron chi connectivity index (χ4n) is 6.43. The standard InChI is InChI=1S/C20H27N5O2.C13H10N2O4/c26-20-12-9-15-14-17(10-11-18(15)21-20)27-13-5-4-8-19-22-23-24-25(19)16-6-2-1-3-7-16;16-10-6-5-9(11(17)14-10)15-12(18)7-3-1-2-4-8(7)13(15)19/h10-11,14,16H,1-9,12-13H2,(H,21,26);1-4,9H,5-6H2,(H,14,16,17). The van der Waals surface area contributed by atoms with E-state index in [0.717, 1.165) is 53.4 Å².